The van der Waals surface area contributed by atoms with Crippen molar-refractivity contribution >= 4 is 0 Å². The molecule has 0 amide bonds. The summed E-state index contributed by atoms with van der Waals surface area (Å²) in [5.74, 6) is 0.617. The fourth-order valence-corrected chi connectivity index (χ4v) is 3.19. The molecule has 5 nitrogen and oxygen atoms in total. The fraction of sp³-hybridized carbons (Fsp3) is 0.500. The predicted octanol–water partition coefficient (Wildman–Crippen LogP) is 3.60. The monoisotopic (exact) mass is 372 g/mol. The van der Waals surface area contributed by atoms with Crippen LogP contribution in [0.1, 0.15) is 48.8 Å². The summed E-state index contributed by atoms with van der Waals surface area (Å²) in [6, 6.07) is 9.85. The number of hydrogen-bond donors (Lipinski definition) is 1. The third kappa shape index (κ3) is 4.15. The van der Waals surface area contributed by atoms with Gasteiger partial charge in [-0.15, -0.1) is 0 Å². The van der Waals surface area contributed by atoms with Gasteiger partial charge < -0.3 is 14.6 Å². The van der Waals surface area contributed by atoms with Crippen molar-refractivity contribution in [1.82, 2.24) is 9.88 Å². The van der Waals surface area contributed by atoms with Crippen LogP contribution in [0, 0.1) is 6.92 Å². The lowest BCUT2D eigenvalue weighted by molar-refractivity contribution is -0.0577. The maximum Gasteiger partial charge on any atom is 0.191 e. The van der Waals surface area contributed by atoms with Gasteiger partial charge >= 0.3 is 0 Å². The Hall–Kier alpha value is -1.95. The highest BCUT2D eigenvalue weighted by Crippen LogP contribution is 2.40. The number of pyridine rings is 1. The Morgan fingerprint density at radius 2 is 1.74 bits per heavy atom. The zero-order valence-electron chi connectivity index (χ0n) is 17.8. The number of nitrogens with zero attached hydrogens (tertiary/aromatic N) is 2. The summed E-state index contributed by atoms with van der Waals surface area (Å²) in [6.45, 7) is 8.72. The highest BCUT2D eigenvalue weighted by Gasteiger charge is 2.41. The Bertz CT molecular complexity index is 797. The first-order valence-corrected chi connectivity index (χ1v) is 9.10. The molecule has 1 unspecified atom stereocenters. The van der Waals surface area contributed by atoms with Gasteiger partial charge in [0.2, 0.25) is 0 Å². The molecule has 0 aliphatic rings. The topological polar surface area (TPSA) is 54.8 Å². The highest BCUT2D eigenvalue weighted by molar-refractivity contribution is 5.48. The van der Waals surface area contributed by atoms with Crippen molar-refractivity contribution in [1.29, 1.82) is 0 Å². The molecular weight excluding hydrogens is 340 g/mol. The molecule has 1 atom stereocenters. The molecule has 1 aromatic heterocycles. The number of benzene rings is 1. The molecule has 1 heterocycles. The summed E-state index contributed by atoms with van der Waals surface area (Å²) in [5.41, 5.74) is 2.46. The number of rotatable bonds is 6. The summed E-state index contributed by atoms with van der Waals surface area (Å²) in [4.78, 5) is 6.46. The number of methoxy groups -OCH3 is 2. The number of aryl methyl sites for hydroxylation is 1. The minimum absolute atomic E-state index is 0.0658. The van der Waals surface area contributed by atoms with E-state index in [2.05, 4.69) is 20.8 Å². The molecule has 0 aliphatic carbocycles. The normalized spacial score (nSPS) is 14.3. The van der Waals surface area contributed by atoms with Crippen molar-refractivity contribution in [3.8, 4) is 5.75 Å². The Balaban J connectivity index is 2.83. The van der Waals surface area contributed by atoms with E-state index in [1.165, 1.54) is 0 Å². The second-order valence-electron chi connectivity index (χ2n) is 8.13. The van der Waals surface area contributed by atoms with Crippen LogP contribution in [0.5, 0.6) is 5.75 Å². The molecule has 27 heavy (non-hydrogen) atoms. The van der Waals surface area contributed by atoms with E-state index in [0.717, 1.165) is 16.8 Å². The van der Waals surface area contributed by atoms with Crippen molar-refractivity contribution in [2.75, 3.05) is 28.3 Å². The standard InChI is InChI=1S/C22H32N2O3/c1-15-9-10-16(14-26-7)20(23-15)22(25,24(5)6)18-13-17(21(2,3)4)11-12-19(18)27-8/h9-13,25H,14H2,1-8H3. The first kappa shape index (κ1) is 21.4. The Labute approximate surface area is 163 Å². The summed E-state index contributed by atoms with van der Waals surface area (Å²) < 4.78 is 11.0. The largest absolute Gasteiger partial charge is 0.496 e. The molecule has 0 spiro atoms. The summed E-state index contributed by atoms with van der Waals surface area (Å²) in [6.07, 6.45) is 0. The van der Waals surface area contributed by atoms with E-state index >= 15 is 0 Å². The van der Waals surface area contributed by atoms with E-state index in [-0.39, 0.29) is 5.41 Å². The fourth-order valence-electron chi connectivity index (χ4n) is 3.19. The molecule has 0 fully saturated rings. The molecule has 1 N–H and O–H groups in total. The van der Waals surface area contributed by atoms with Crippen LogP contribution in [0.15, 0.2) is 30.3 Å². The van der Waals surface area contributed by atoms with Gasteiger partial charge in [0, 0.05) is 23.9 Å². The van der Waals surface area contributed by atoms with E-state index < -0.39 is 5.72 Å². The van der Waals surface area contributed by atoms with Crippen LogP contribution in [0.3, 0.4) is 0 Å². The molecule has 5 heteroatoms. The first-order valence-electron chi connectivity index (χ1n) is 9.10. The van der Waals surface area contributed by atoms with E-state index in [1.807, 2.05) is 51.4 Å². The van der Waals surface area contributed by atoms with Gasteiger partial charge in [-0.2, -0.15) is 0 Å². The van der Waals surface area contributed by atoms with Gasteiger partial charge in [0.15, 0.2) is 5.72 Å². The number of hydrogen-bond acceptors (Lipinski definition) is 5. The maximum atomic E-state index is 12.0. The lowest BCUT2D eigenvalue weighted by Crippen LogP contribution is -2.44. The first-order chi connectivity index (χ1) is 12.6. The SMILES string of the molecule is COCc1ccc(C)nc1C(O)(c1cc(C(C)(C)C)ccc1OC)N(C)C. The number of aliphatic hydroxyl groups is 1. The van der Waals surface area contributed by atoms with E-state index in [4.69, 9.17) is 14.5 Å². The van der Waals surface area contributed by atoms with Crippen molar-refractivity contribution in [2.45, 2.75) is 45.4 Å². The number of ether oxygens (including phenoxy) is 2. The zero-order chi connectivity index (χ0) is 20.4. The van der Waals surface area contributed by atoms with E-state index in [0.29, 0.717) is 23.6 Å². The molecule has 2 rings (SSSR count). The van der Waals surface area contributed by atoms with Crippen LogP contribution in [0.2, 0.25) is 0 Å². The number of aromatic nitrogens is 1. The summed E-state index contributed by atoms with van der Waals surface area (Å²) in [7, 11) is 6.93. The molecule has 1 aromatic carbocycles. The van der Waals surface area contributed by atoms with Crippen LogP contribution in [0.25, 0.3) is 0 Å². The third-order valence-corrected chi connectivity index (χ3v) is 4.84. The summed E-state index contributed by atoms with van der Waals surface area (Å²) >= 11 is 0. The molecule has 0 bridgehead atoms. The average molecular weight is 373 g/mol. The second-order valence-corrected chi connectivity index (χ2v) is 8.13. The van der Waals surface area contributed by atoms with Crippen molar-refractivity contribution in [2.24, 2.45) is 0 Å². The van der Waals surface area contributed by atoms with Gasteiger partial charge in [0.05, 0.1) is 19.4 Å². The molecule has 148 valence electrons. The van der Waals surface area contributed by atoms with E-state index in [9.17, 15) is 5.11 Å². The van der Waals surface area contributed by atoms with Gasteiger partial charge in [-0.1, -0.05) is 32.9 Å². The van der Waals surface area contributed by atoms with Crippen molar-refractivity contribution in [3.63, 3.8) is 0 Å². The molecule has 2 aromatic rings. The van der Waals surface area contributed by atoms with Crippen LogP contribution >= 0.6 is 0 Å². The molecule has 0 saturated carbocycles. The van der Waals surface area contributed by atoms with Crippen LogP contribution in [0.4, 0.5) is 0 Å². The maximum absolute atomic E-state index is 12.0. The highest BCUT2D eigenvalue weighted by atomic mass is 16.5. The smallest absolute Gasteiger partial charge is 0.191 e. The minimum Gasteiger partial charge on any atom is -0.496 e. The van der Waals surface area contributed by atoms with Crippen LogP contribution < -0.4 is 4.74 Å². The molecular formula is C22H32N2O3. The zero-order valence-corrected chi connectivity index (χ0v) is 17.8. The molecule has 0 radical (unpaired) electrons. The Morgan fingerprint density at radius 3 is 2.26 bits per heavy atom. The van der Waals surface area contributed by atoms with Gasteiger partial charge in [0.1, 0.15) is 5.75 Å². The van der Waals surface area contributed by atoms with Crippen molar-refractivity contribution < 1.29 is 14.6 Å². The quantitative estimate of drug-likeness (QED) is 0.785. The predicted molar refractivity (Wildman–Crippen MR) is 108 cm³/mol. The van der Waals surface area contributed by atoms with Crippen LogP contribution in [-0.2, 0) is 22.5 Å². The van der Waals surface area contributed by atoms with Crippen LogP contribution in [-0.4, -0.2) is 43.3 Å². The lowest BCUT2D eigenvalue weighted by atomic mass is 9.83. The third-order valence-electron chi connectivity index (χ3n) is 4.84. The minimum atomic E-state index is -1.47. The molecule has 0 aliphatic heterocycles. The van der Waals surface area contributed by atoms with Gasteiger partial charge in [0.25, 0.3) is 0 Å². The van der Waals surface area contributed by atoms with Gasteiger partial charge in [-0.3, -0.25) is 9.88 Å². The Kier molecular flexibility index (Phi) is 6.30. The molecule has 0 saturated heterocycles. The summed E-state index contributed by atoms with van der Waals surface area (Å²) in [5, 5.41) is 12.0. The average Bonchev–Trinajstić information content (AvgIpc) is 2.61. The Morgan fingerprint density at radius 1 is 1.07 bits per heavy atom. The van der Waals surface area contributed by atoms with E-state index in [1.54, 1.807) is 19.1 Å². The van der Waals surface area contributed by atoms with Gasteiger partial charge in [-0.05, 0) is 50.2 Å². The lowest BCUT2D eigenvalue weighted by Gasteiger charge is -2.37. The second kappa shape index (κ2) is 7.97. The van der Waals surface area contributed by atoms with Crippen molar-refractivity contribution in [3.05, 3.63) is 58.4 Å². The van der Waals surface area contributed by atoms with Gasteiger partial charge in [-0.25, -0.2) is 0 Å².